The van der Waals surface area contributed by atoms with E-state index < -0.39 is 0 Å². The quantitative estimate of drug-likeness (QED) is 0.862. The van der Waals surface area contributed by atoms with Gasteiger partial charge in [0, 0.05) is 6.04 Å². The van der Waals surface area contributed by atoms with Crippen LogP contribution < -0.4 is 5.32 Å². The van der Waals surface area contributed by atoms with Crippen molar-refractivity contribution in [1.29, 1.82) is 0 Å². The maximum atomic E-state index is 13.4. The highest BCUT2D eigenvalue weighted by Gasteiger charge is 2.62. The minimum atomic E-state index is -0.0883. The highest BCUT2D eigenvalue weighted by atomic mass is 19.1. The molecule has 0 aromatic heterocycles. The third kappa shape index (κ3) is 1.30. The lowest BCUT2D eigenvalue weighted by Crippen LogP contribution is -2.62. The molecule has 3 unspecified atom stereocenters. The van der Waals surface area contributed by atoms with E-state index in [4.69, 9.17) is 0 Å². The van der Waals surface area contributed by atoms with E-state index in [1.165, 1.54) is 24.0 Å². The lowest BCUT2D eigenvalue weighted by molar-refractivity contribution is -0.0340. The molecule has 1 aromatic rings. The summed E-state index contributed by atoms with van der Waals surface area (Å²) in [5, 5.41) is 3.52. The summed E-state index contributed by atoms with van der Waals surface area (Å²) >= 11 is 0. The van der Waals surface area contributed by atoms with Crippen molar-refractivity contribution in [3.8, 4) is 0 Å². The van der Waals surface area contributed by atoms with Crippen LogP contribution in [0, 0.1) is 17.2 Å². The van der Waals surface area contributed by atoms with Crippen LogP contribution in [0.4, 0.5) is 4.39 Å². The molecule has 0 bridgehead atoms. The summed E-state index contributed by atoms with van der Waals surface area (Å²) in [7, 11) is 2.07. The van der Waals surface area contributed by atoms with Gasteiger partial charge in [0.1, 0.15) is 5.82 Å². The summed E-state index contributed by atoms with van der Waals surface area (Å²) in [4.78, 5) is 0. The molecule has 98 valence electrons. The standard InChI is InChI=1S/C16H22FN/c1-4-16(5-2)14-12-7-6-11(17)8-10(12)9-13(14)15(16)18-3/h6-8,13-15,18H,4-5,9H2,1-3H3. The Labute approximate surface area is 109 Å². The van der Waals surface area contributed by atoms with E-state index in [1.807, 2.05) is 6.07 Å². The lowest BCUT2D eigenvalue weighted by atomic mass is 9.48. The lowest BCUT2D eigenvalue weighted by Gasteiger charge is -2.59. The zero-order chi connectivity index (χ0) is 12.9. The highest BCUT2D eigenvalue weighted by Crippen LogP contribution is 2.65. The molecule has 0 radical (unpaired) electrons. The molecule has 0 spiro atoms. The van der Waals surface area contributed by atoms with Gasteiger partial charge < -0.3 is 5.32 Å². The molecule has 0 saturated heterocycles. The van der Waals surface area contributed by atoms with E-state index >= 15 is 0 Å². The summed E-state index contributed by atoms with van der Waals surface area (Å²) in [5.74, 6) is 1.22. The van der Waals surface area contributed by atoms with Gasteiger partial charge in [0.2, 0.25) is 0 Å². The van der Waals surface area contributed by atoms with Gasteiger partial charge >= 0.3 is 0 Å². The molecular formula is C16H22FN. The van der Waals surface area contributed by atoms with Crippen LogP contribution >= 0.6 is 0 Å². The Bertz CT molecular complexity index is 464. The largest absolute Gasteiger partial charge is 0.316 e. The van der Waals surface area contributed by atoms with Gasteiger partial charge in [-0.25, -0.2) is 4.39 Å². The van der Waals surface area contributed by atoms with Gasteiger partial charge in [0.25, 0.3) is 0 Å². The van der Waals surface area contributed by atoms with Crippen LogP contribution in [0.2, 0.25) is 0 Å². The molecule has 1 saturated carbocycles. The average Bonchev–Trinajstić information content (AvgIpc) is 2.68. The first kappa shape index (κ1) is 12.2. The molecule has 2 aliphatic carbocycles. The normalized spacial score (nSPS) is 31.7. The molecule has 2 aliphatic rings. The third-order valence-electron chi connectivity index (χ3n) is 5.62. The average molecular weight is 247 g/mol. The van der Waals surface area contributed by atoms with E-state index in [1.54, 1.807) is 12.1 Å². The Hall–Kier alpha value is -0.890. The number of hydrogen-bond acceptors (Lipinski definition) is 1. The molecule has 1 nitrogen and oxygen atoms in total. The van der Waals surface area contributed by atoms with Crippen LogP contribution in [0.1, 0.15) is 43.7 Å². The fourth-order valence-electron chi connectivity index (χ4n) is 4.84. The maximum absolute atomic E-state index is 13.4. The summed E-state index contributed by atoms with van der Waals surface area (Å²) in [5.41, 5.74) is 3.04. The monoisotopic (exact) mass is 247 g/mol. The maximum Gasteiger partial charge on any atom is 0.123 e. The van der Waals surface area contributed by atoms with Crippen LogP contribution in [0.5, 0.6) is 0 Å². The van der Waals surface area contributed by atoms with Gasteiger partial charge in [0.15, 0.2) is 0 Å². The summed E-state index contributed by atoms with van der Waals surface area (Å²) in [6.45, 7) is 4.59. The van der Waals surface area contributed by atoms with Gasteiger partial charge in [-0.1, -0.05) is 19.9 Å². The van der Waals surface area contributed by atoms with Crippen molar-refractivity contribution in [1.82, 2.24) is 5.32 Å². The number of rotatable bonds is 3. The molecular weight excluding hydrogens is 225 g/mol. The van der Waals surface area contributed by atoms with Crippen molar-refractivity contribution in [3.63, 3.8) is 0 Å². The topological polar surface area (TPSA) is 12.0 Å². The van der Waals surface area contributed by atoms with Gasteiger partial charge in [-0.2, -0.15) is 0 Å². The van der Waals surface area contributed by atoms with Crippen LogP contribution in [0.25, 0.3) is 0 Å². The van der Waals surface area contributed by atoms with Crippen molar-refractivity contribution >= 4 is 0 Å². The molecule has 1 aromatic carbocycles. The zero-order valence-corrected chi connectivity index (χ0v) is 11.5. The molecule has 0 amide bonds. The molecule has 18 heavy (non-hydrogen) atoms. The Morgan fingerprint density at radius 2 is 2.06 bits per heavy atom. The van der Waals surface area contributed by atoms with Gasteiger partial charge in [0.05, 0.1) is 0 Å². The van der Waals surface area contributed by atoms with E-state index in [9.17, 15) is 4.39 Å². The Morgan fingerprint density at radius 1 is 1.33 bits per heavy atom. The SMILES string of the molecule is CCC1(CC)C(NC)C2Cc3cc(F)ccc3C21. The zero-order valence-electron chi connectivity index (χ0n) is 11.5. The summed E-state index contributed by atoms with van der Waals surface area (Å²) in [6.07, 6.45) is 3.45. The second-order valence-electron chi connectivity index (χ2n) is 5.90. The van der Waals surface area contributed by atoms with Crippen molar-refractivity contribution in [2.24, 2.45) is 11.3 Å². The Morgan fingerprint density at radius 3 is 2.67 bits per heavy atom. The van der Waals surface area contributed by atoms with Crippen molar-refractivity contribution in [3.05, 3.63) is 35.1 Å². The summed E-state index contributed by atoms with van der Waals surface area (Å²) in [6, 6.07) is 6.00. The predicted octanol–water partition coefficient (Wildman–Crippen LogP) is 3.49. The second kappa shape index (κ2) is 4.06. The number of fused-ring (bicyclic) bond motifs is 3. The van der Waals surface area contributed by atoms with E-state index in [-0.39, 0.29) is 5.82 Å². The number of nitrogens with one attached hydrogen (secondary N) is 1. The van der Waals surface area contributed by atoms with Gasteiger partial charge in [-0.15, -0.1) is 0 Å². The van der Waals surface area contributed by atoms with E-state index in [0.717, 1.165) is 6.42 Å². The molecule has 1 N–H and O–H groups in total. The van der Waals surface area contributed by atoms with Crippen LogP contribution in [0.15, 0.2) is 18.2 Å². The smallest absolute Gasteiger partial charge is 0.123 e. The fourth-order valence-corrected chi connectivity index (χ4v) is 4.84. The molecule has 0 aliphatic heterocycles. The molecule has 3 rings (SSSR count). The second-order valence-corrected chi connectivity index (χ2v) is 5.90. The van der Waals surface area contributed by atoms with Crippen LogP contribution in [-0.2, 0) is 6.42 Å². The van der Waals surface area contributed by atoms with Crippen LogP contribution in [-0.4, -0.2) is 13.1 Å². The van der Waals surface area contributed by atoms with Crippen molar-refractivity contribution in [2.75, 3.05) is 7.05 Å². The fraction of sp³-hybridized carbons (Fsp3) is 0.625. The number of halogens is 1. The summed E-state index contributed by atoms with van der Waals surface area (Å²) < 4.78 is 13.4. The number of benzene rings is 1. The number of hydrogen-bond donors (Lipinski definition) is 1. The van der Waals surface area contributed by atoms with E-state index in [0.29, 0.717) is 23.3 Å². The van der Waals surface area contributed by atoms with Gasteiger partial charge in [-0.3, -0.25) is 0 Å². The predicted molar refractivity (Wildman–Crippen MR) is 72.2 cm³/mol. The Kier molecular flexibility index (Phi) is 2.74. The molecule has 3 atom stereocenters. The van der Waals surface area contributed by atoms with E-state index in [2.05, 4.69) is 26.2 Å². The molecule has 2 heteroatoms. The van der Waals surface area contributed by atoms with Crippen molar-refractivity contribution in [2.45, 2.75) is 45.1 Å². The minimum absolute atomic E-state index is 0.0883. The third-order valence-corrected chi connectivity index (χ3v) is 5.62. The Balaban J connectivity index is 2.04. The van der Waals surface area contributed by atoms with Crippen LogP contribution in [0.3, 0.4) is 0 Å². The molecule has 0 heterocycles. The highest BCUT2D eigenvalue weighted by molar-refractivity contribution is 5.44. The molecule has 1 fully saturated rings. The van der Waals surface area contributed by atoms with Crippen molar-refractivity contribution < 1.29 is 4.39 Å². The first-order valence-electron chi connectivity index (χ1n) is 7.13. The minimum Gasteiger partial charge on any atom is -0.316 e. The van der Waals surface area contributed by atoms with Gasteiger partial charge in [-0.05, 0) is 66.8 Å². The first-order chi connectivity index (χ1) is 8.67. The first-order valence-corrected chi connectivity index (χ1v) is 7.13.